The van der Waals surface area contributed by atoms with E-state index in [-0.39, 0.29) is 6.61 Å². The average molecular weight is 255 g/mol. The molecule has 2 rings (SSSR count). The minimum atomic E-state index is 0.181. The van der Waals surface area contributed by atoms with Crippen molar-refractivity contribution in [3.63, 3.8) is 0 Å². The standard InChI is InChI=1S/C17H21NO/c1-14-6-8-15(9-7-14)12-16-4-2-3-5-17(16)13-18-10-11-19/h2-9,18-19H,10-13H2,1H3. The second-order valence-electron chi connectivity index (χ2n) is 4.83. The summed E-state index contributed by atoms with van der Waals surface area (Å²) in [4.78, 5) is 0. The molecular weight excluding hydrogens is 234 g/mol. The molecule has 2 nitrogen and oxygen atoms in total. The number of benzene rings is 2. The van der Waals surface area contributed by atoms with Gasteiger partial charge in [-0.15, -0.1) is 0 Å². The molecule has 0 saturated carbocycles. The number of aliphatic hydroxyl groups excluding tert-OH is 1. The van der Waals surface area contributed by atoms with E-state index in [1.54, 1.807) is 0 Å². The summed E-state index contributed by atoms with van der Waals surface area (Å²) in [6.45, 7) is 3.73. The summed E-state index contributed by atoms with van der Waals surface area (Å²) in [6.07, 6.45) is 0.956. The molecule has 0 atom stereocenters. The molecule has 0 aliphatic carbocycles. The van der Waals surface area contributed by atoms with Crippen LogP contribution >= 0.6 is 0 Å². The van der Waals surface area contributed by atoms with Crippen molar-refractivity contribution < 1.29 is 5.11 Å². The molecule has 2 N–H and O–H groups in total. The van der Waals surface area contributed by atoms with Crippen molar-refractivity contribution in [2.75, 3.05) is 13.2 Å². The van der Waals surface area contributed by atoms with Gasteiger partial charge < -0.3 is 10.4 Å². The molecule has 0 aliphatic heterocycles. The maximum atomic E-state index is 8.81. The van der Waals surface area contributed by atoms with E-state index >= 15 is 0 Å². The van der Waals surface area contributed by atoms with Crippen molar-refractivity contribution in [1.29, 1.82) is 0 Å². The van der Waals surface area contributed by atoms with E-state index in [0.29, 0.717) is 6.54 Å². The maximum Gasteiger partial charge on any atom is 0.0556 e. The Hall–Kier alpha value is -1.64. The minimum Gasteiger partial charge on any atom is -0.395 e. The predicted molar refractivity (Wildman–Crippen MR) is 79.2 cm³/mol. The van der Waals surface area contributed by atoms with Crippen LogP contribution in [-0.4, -0.2) is 18.3 Å². The Morgan fingerprint density at radius 1 is 0.947 bits per heavy atom. The van der Waals surface area contributed by atoms with Crippen LogP contribution in [0.25, 0.3) is 0 Å². The van der Waals surface area contributed by atoms with Crippen molar-refractivity contribution in [3.05, 3.63) is 70.8 Å². The molecule has 0 heterocycles. The maximum absolute atomic E-state index is 8.81. The van der Waals surface area contributed by atoms with E-state index in [9.17, 15) is 0 Å². The van der Waals surface area contributed by atoms with E-state index in [4.69, 9.17) is 5.11 Å². The van der Waals surface area contributed by atoms with Crippen LogP contribution in [0.3, 0.4) is 0 Å². The molecule has 0 unspecified atom stereocenters. The summed E-state index contributed by atoms with van der Waals surface area (Å²) in [7, 11) is 0. The highest BCUT2D eigenvalue weighted by molar-refractivity contribution is 5.33. The molecule has 0 saturated heterocycles. The summed E-state index contributed by atoms with van der Waals surface area (Å²) < 4.78 is 0. The largest absolute Gasteiger partial charge is 0.395 e. The fourth-order valence-electron chi connectivity index (χ4n) is 2.13. The van der Waals surface area contributed by atoms with Crippen molar-refractivity contribution >= 4 is 0 Å². The molecule has 100 valence electrons. The zero-order valence-electron chi connectivity index (χ0n) is 11.4. The smallest absolute Gasteiger partial charge is 0.0556 e. The molecule has 0 fully saturated rings. The fraction of sp³-hybridized carbons (Fsp3) is 0.294. The van der Waals surface area contributed by atoms with Crippen LogP contribution in [0, 0.1) is 6.92 Å². The van der Waals surface area contributed by atoms with Gasteiger partial charge in [-0.3, -0.25) is 0 Å². The van der Waals surface area contributed by atoms with Gasteiger partial charge in [-0.05, 0) is 30.0 Å². The van der Waals surface area contributed by atoms with Gasteiger partial charge in [0.2, 0.25) is 0 Å². The van der Waals surface area contributed by atoms with Gasteiger partial charge in [0.1, 0.15) is 0 Å². The summed E-state index contributed by atoms with van der Waals surface area (Å²) in [5.41, 5.74) is 5.27. The Morgan fingerprint density at radius 3 is 2.32 bits per heavy atom. The van der Waals surface area contributed by atoms with Crippen molar-refractivity contribution in [1.82, 2.24) is 5.32 Å². The van der Waals surface area contributed by atoms with E-state index in [1.165, 1.54) is 22.3 Å². The molecule has 0 amide bonds. The van der Waals surface area contributed by atoms with Crippen LogP contribution in [-0.2, 0) is 13.0 Å². The highest BCUT2D eigenvalue weighted by Gasteiger charge is 2.02. The predicted octanol–water partition coefficient (Wildman–Crippen LogP) is 2.67. The van der Waals surface area contributed by atoms with Crippen LogP contribution in [0.5, 0.6) is 0 Å². The average Bonchev–Trinajstić information content (AvgIpc) is 2.43. The molecule has 0 aromatic heterocycles. The third kappa shape index (κ3) is 4.19. The Kier molecular flexibility index (Phi) is 5.13. The van der Waals surface area contributed by atoms with Crippen LogP contribution in [0.4, 0.5) is 0 Å². The third-order valence-corrected chi connectivity index (χ3v) is 3.24. The van der Waals surface area contributed by atoms with E-state index in [0.717, 1.165) is 13.0 Å². The van der Waals surface area contributed by atoms with Crippen LogP contribution in [0.15, 0.2) is 48.5 Å². The second kappa shape index (κ2) is 7.07. The lowest BCUT2D eigenvalue weighted by molar-refractivity contribution is 0.292. The fourth-order valence-corrected chi connectivity index (χ4v) is 2.13. The number of rotatable bonds is 6. The summed E-state index contributed by atoms with van der Waals surface area (Å²) >= 11 is 0. The van der Waals surface area contributed by atoms with Crippen LogP contribution in [0.1, 0.15) is 22.3 Å². The Bertz CT molecular complexity index is 505. The summed E-state index contributed by atoms with van der Waals surface area (Å²) in [6, 6.07) is 17.2. The monoisotopic (exact) mass is 255 g/mol. The minimum absolute atomic E-state index is 0.181. The lowest BCUT2D eigenvalue weighted by Crippen LogP contribution is -2.18. The lowest BCUT2D eigenvalue weighted by atomic mass is 9.99. The summed E-state index contributed by atoms with van der Waals surface area (Å²) in [5.74, 6) is 0. The van der Waals surface area contributed by atoms with Gasteiger partial charge in [0.05, 0.1) is 6.61 Å². The van der Waals surface area contributed by atoms with E-state index < -0.39 is 0 Å². The number of aryl methyl sites for hydroxylation is 1. The van der Waals surface area contributed by atoms with Crippen LogP contribution < -0.4 is 5.32 Å². The molecular formula is C17H21NO. The van der Waals surface area contributed by atoms with E-state index in [2.05, 4.69) is 60.8 Å². The zero-order chi connectivity index (χ0) is 13.5. The van der Waals surface area contributed by atoms with Crippen molar-refractivity contribution in [3.8, 4) is 0 Å². The Morgan fingerprint density at radius 2 is 1.63 bits per heavy atom. The van der Waals surface area contributed by atoms with Gasteiger partial charge >= 0.3 is 0 Å². The number of nitrogens with one attached hydrogen (secondary N) is 1. The van der Waals surface area contributed by atoms with Gasteiger partial charge in [-0.25, -0.2) is 0 Å². The van der Waals surface area contributed by atoms with Crippen molar-refractivity contribution in [2.45, 2.75) is 19.9 Å². The normalized spacial score (nSPS) is 10.6. The molecule has 2 aromatic carbocycles. The molecule has 0 bridgehead atoms. The Labute approximate surface area is 115 Å². The molecule has 0 aliphatic rings. The van der Waals surface area contributed by atoms with Gasteiger partial charge in [-0.2, -0.15) is 0 Å². The molecule has 0 radical (unpaired) electrons. The van der Waals surface area contributed by atoms with Gasteiger partial charge in [0, 0.05) is 13.1 Å². The molecule has 19 heavy (non-hydrogen) atoms. The SMILES string of the molecule is Cc1ccc(Cc2ccccc2CNCCO)cc1. The van der Waals surface area contributed by atoms with Crippen molar-refractivity contribution in [2.24, 2.45) is 0 Å². The first kappa shape index (κ1) is 13.8. The van der Waals surface area contributed by atoms with E-state index in [1.807, 2.05) is 0 Å². The molecule has 2 aromatic rings. The molecule has 0 spiro atoms. The first-order valence-electron chi connectivity index (χ1n) is 6.73. The summed E-state index contributed by atoms with van der Waals surface area (Å²) in [5, 5.41) is 12.0. The highest BCUT2D eigenvalue weighted by atomic mass is 16.3. The van der Waals surface area contributed by atoms with Crippen LogP contribution in [0.2, 0.25) is 0 Å². The first-order chi connectivity index (χ1) is 9.29. The quantitative estimate of drug-likeness (QED) is 0.778. The number of aliphatic hydroxyl groups is 1. The first-order valence-corrected chi connectivity index (χ1v) is 6.73. The lowest BCUT2D eigenvalue weighted by Gasteiger charge is -2.10. The van der Waals surface area contributed by atoms with Gasteiger partial charge in [-0.1, -0.05) is 54.1 Å². The zero-order valence-corrected chi connectivity index (χ0v) is 11.4. The van der Waals surface area contributed by atoms with Gasteiger partial charge in [0.25, 0.3) is 0 Å². The topological polar surface area (TPSA) is 32.3 Å². The third-order valence-electron chi connectivity index (χ3n) is 3.24. The Balaban J connectivity index is 2.08. The van der Waals surface area contributed by atoms with Gasteiger partial charge in [0.15, 0.2) is 0 Å². The highest BCUT2D eigenvalue weighted by Crippen LogP contribution is 2.15. The number of hydrogen-bond acceptors (Lipinski definition) is 2. The molecule has 2 heteroatoms. The second-order valence-corrected chi connectivity index (χ2v) is 4.83. The number of hydrogen-bond donors (Lipinski definition) is 2.